The zero-order valence-corrected chi connectivity index (χ0v) is 8.89. The van der Waals surface area contributed by atoms with Gasteiger partial charge in [0, 0.05) is 12.5 Å². The Bertz CT molecular complexity index is 185. The molecule has 0 saturated heterocycles. The summed E-state index contributed by atoms with van der Waals surface area (Å²) in [5.74, 6) is -0.283. The number of rotatable bonds is 5. The molecule has 0 aliphatic carbocycles. The van der Waals surface area contributed by atoms with Crippen LogP contribution in [-0.4, -0.2) is 17.7 Å². The number of hydrogen-bond acceptors (Lipinski definition) is 2. The lowest BCUT2D eigenvalue weighted by Gasteiger charge is -2.07. The van der Waals surface area contributed by atoms with Gasteiger partial charge in [-0.25, -0.2) is 0 Å². The molecule has 0 rings (SSSR count). The largest absolute Gasteiger partial charge is 0.347 e. The molecule has 3 heteroatoms. The van der Waals surface area contributed by atoms with Crippen molar-refractivity contribution in [2.45, 2.75) is 46.6 Å². The number of hydrogen-bond donors (Lipinski definition) is 1. The quantitative estimate of drug-likeness (QED) is 0.660. The molecule has 0 aromatic carbocycles. The highest BCUT2D eigenvalue weighted by Gasteiger charge is 2.13. The normalized spacial score (nSPS) is 10.6. The van der Waals surface area contributed by atoms with Gasteiger partial charge in [-0.05, 0) is 26.2 Å². The summed E-state index contributed by atoms with van der Waals surface area (Å²) >= 11 is 0. The summed E-state index contributed by atoms with van der Waals surface area (Å²) in [6.07, 6.45) is 1.14. The van der Waals surface area contributed by atoms with E-state index in [1.807, 2.05) is 27.7 Å². The van der Waals surface area contributed by atoms with Crippen LogP contribution in [0.2, 0.25) is 0 Å². The number of carbonyl (C=O) groups excluding carboxylic acids is 2. The second-order valence-corrected chi connectivity index (χ2v) is 3.98. The van der Waals surface area contributed by atoms with E-state index in [0.717, 1.165) is 6.42 Å². The maximum Gasteiger partial charge on any atom is 0.287 e. The molecule has 3 nitrogen and oxygen atoms in total. The van der Waals surface area contributed by atoms with Crippen LogP contribution in [0, 0.1) is 5.92 Å². The predicted molar refractivity (Wildman–Crippen MR) is 52.4 cm³/mol. The minimum Gasteiger partial charge on any atom is -0.347 e. The molecule has 0 bridgehead atoms. The standard InChI is InChI=1S/C10H19NO2/c1-7(2)5-6-9(12)10(13)11-8(3)4/h7-8H,5-6H2,1-4H3,(H,11,13). The first-order valence-corrected chi connectivity index (χ1v) is 4.77. The molecule has 0 aromatic heterocycles. The first-order valence-electron chi connectivity index (χ1n) is 4.77. The number of ketones is 1. The molecule has 76 valence electrons. The van der Waals surface area contributed by atoms with Crippen molar-refractivity contribution >= 4 is 11.7 Å². The monoisotopic (exact) mass is 185 g/mol. The Kier molecular flexibility index (Phi) is 5.35. The average Bonchev–Trinajstić information content (AvgIpc) is 1.98. The van der Waals surface area contributed by atoms with Crippen LogP contribution in [0.25, 0.3) is 0 Å². The van der Waals surface area contributed by atoms with Gasteiger partial charge in [0.2, 0.25) is 5.78 Å². The maximum atomic E-state index is 11.2. The Morgan fingerprint density at radius 2 is 1.69 bits per heavy atom. The van der Waals surface area contributed by atoms with Gasteiger partial charge in [0.1, 0.15) is 0 Å². The second-order valence-electron chi connectivity index (χ2n) is 3.98. The Morgan fingerprint density at radius 3 is 2.08 bits per heavy atom. The summed E-state index contributed by atoms with van der Waals surface area (Å²) < 4.78 is 0. The van der Waals surface area contributed by atoms with Gasteiger partial charge in [0.05, 0.1) is 0 Å². The van der Waals surface area contributed by atoms with Gasteiger partial charge in [-0.2, -0.15) is 0 Å². The fourth-order valence-electron chi connectivity index (χ4n) is 0.876. The van der Waals surface area contributed by atoms with Crippen molar-refractivity contribution in [1.82, 2.24) is 5.32 Å². The van der Waals surface area contributed by atoms with E-state index >= 15 is 0 Å². The smallest absolute Gasteiger partial charge is 0.287 e. The van der Waals surface area contributed by atoms with E-state index in [1.54, 1.807) is 0 Å². The molecule has 0 aromatic rings. The predicted octanol–water partition coefficient (Wildman–Crippen LogP) is 1.52. The number of Topliss-reactive ketones (excluding diaryl/α,β-unsaturated/α-hetero) is 1. The van der Waals surface area contributed by atoms with Crippen LogP contribution in [0.3, 0.4) is 0 Å². The zero-order chi connectivity index (χ0) is 10.4. The molecule has 0 aliphatic rings. The molecular formula is C10H19NO2. The first kappa shape index (κ1) is 12.1. The summed E-state index contributed by atoms with van der Waals surface area (Å²) in [7, 11) is 0. The van der Waals surface area contributed by atoms with Crippen molar-refractivity contribution < 1.29 is 9.59 Å². The van der Waals surface area contributed by atoms with Crippen LogP contribution < -0.4 is 5.32 Å². The van der Waals surface area contributed by atoms with Crippen LogP contribution >= 0.6 is 0 Å². The van der Waals surface area contributed by atoms with E-state index in [-0.39, 0.29) is 11.8 Å². The third-order valence-electron chi connectivity index (χ3n) is 1.62. The highest BCUT2D eigenvalue weighted by molar-refractivity contribution is 6.36. The number of nitrogens with one attached hydrogen (secondary N) is 1. The molecule has 0 aliphatic heterocycles. The lowest BCUT2D eigenvalue weighted by molar-refractivity contribution is -0.138. The highest BCUT2D eigenvalue weighted by atomic mass is 16.2. The Morgan fingerprint density at radius 1 is 1.15 bits per heavy atom. The molecule has 0 fully saturated rings. The van der Waals surface area contributed by atoms with Crippen molar-refractivity contribution in [3.63, 3.8) is 0 Å². The van der Waals surface area contributed by atoms with Gasteiger partial charge in [0.15, 0.2) is 0 Å². The summed E-state index contributed by atoms with van der Waals surface area (Å²) in [4.78, 5) is 22.3. The summed E-state index contributed by atoms with van der Waals surface area (Å²) in [5.41, 5.74) is 0. The van der Waals surface area contributed by atoms with Gasteiger partial charge in [-0.15, -0.1) is 0 Å². The zero-order valence-electron chi connectivity index (χ0n) is 8.89. The van der Waals surface area contributed by atoms with Gasteiger partial charge in [-0.1, -0.05) is 13.8 Å². The molecular weight excluding hydrogens is 166 g/mol. The molecule has 0 atom stereocenters. The van der Waals surface area contributed by atoms with E-state index < -0.39 is 5.91 Å². The Hall–Kier alpha value is -0.860. The fraction of sp³-hybridized carbons (Fsp3) is 0.800. The summed E-state index contributed by atoms with van der Waals surface area (Å²) in [5, 5.41) is 2.58. The van der Waals surface area contributed by atoms with Gasteiger partial charge in [-0.3, -0.25) is 9.59 Å². The topological polar surface area (TPSA) is 46.2 Å². The lowest BCUT2D eigenvalue weighted by Crippen LogP contribution is -2.35. The first-order chi connectivity index (χ1) is 5.93. The summed E-state index contributed by atoms with van der Waals surface area (Å²) in [6.45, 7) is 7.75. The molecule has 0 saturated carbocycles. The lowest BCUT2D eigenvalue weighted by atomic mass is 10.1. The van der Waals surface area contributed by atoms with E-state index in [9.17, 15) is 9.59 Å². The van der Waals surface area contributed by atoms with Crippen molar-refractivity contribution in [2.24, 2.45) is 5.92 Å². The molecule has 13 heavy (non-hydrogen) atoms. The van der Waals surface area contributed by atoms with E-state index in [0.29, 0.717) is 12.3 Å². The number of carbonyl (C=O) groups is 2. The molecule has 0 heterocycles. The van der Waals surface area contributed by atoms with E-state index in [4.69, 9.17) is 0 Å². The third-order valence-corrected chi connectivity index (χ3v) is 1.62. The molecule has 1 N–H and O–H groups in total. The van der Waals surface area contributed by atoms with E-state index in [2.05, 4.69) is 5.32 Å². The van der Waals surface area contributed by atoms with Crippen LogP contribution in [-0.2, 0) is 9.59 Å². The van der Waals surface area contributed by atoms with Crippen molar-refractivity contribution in [3.05, 3.63) is 0 Å². The van der Waals surface area contributed by atoms with Gasteiger partial charge < -0.3 is 5.32 Å². The van der Waals surface area contributed by atoms with Crippen LogP contribution in [0.15, 0.2) is 0 Å². The Balaban J connectivity index is 3.77. The molecule has 0 radical (unpaired) electrons. The molecule has 0 spiro atoms. The maximum absolute atomic E-state index is 11.2. The number of amides is 1. The minimum atomic E-state index is -0.448. The van der Waals surface area contributed by atoms with Crippen LogP contribution in [0.1, 0.15) is 40.5 Å². The average molecular weight is 185 g/mol. The van der Waals surface area contributed by atoms with Crippen molar-refractivity contribution in [2.75, 3.05) is 0 Å². The highest BCUT2D eigenvalue weighted by Crippen LogP contribution is 2.03. The minimum absolute atomic E-state index is 0.0375. The van der Waals surface area contributed by atoms with E-state index in [1.165, 1.54) is 0 Å². The third kappa shape index (κ3) is 6.31. The van der Waals surface area contributed by atoms with Crippen LogP contribution in [0.5, 0.6) is 0 Å². The summed E-state index contributed by atoms with van der Waals surface area (Å²) in [6, 6.07) is 0.0375. The van der Waals surface area contributed by atoms with Gasteiger partial charge >= 0.3 is 0 Å². The fourth-order valence-corrected chi connectivity index (χ4v) is 0.876. The Labute approximate surface area is 79.9 Å². The molecule has 1 amide bonds. The van der Waals surface area contributed by atoms with Crippen molar-refractivity contribution in [3.8, 4) is 0 Å². The van der Waals surface area contributed by atoms with Crippen molar-refractivity contribution in [1.29, 1.82) is 0 Å². The SMILES string of the molecule is CC(C)CCC(=O)C(=O)NC(C)C. The van der Waals surface area contributed by atoms with Gasteiger partial charge in [0.25, 0.3) is 5.91 Å². The second kappa shape index (κ2) is 5.73. The van der Waals surface area contributed by atoms with Crippen LogP contribution in [0.4, 0.5) is 0 Å². The molecule has 0 unspecified atom stereocenters.